The van der Waals surface area contributed by atoms with E-state index >= 15 is 0 Å². The van der Waals surface area contributed by atoms with Gasteiger partial charge in [-0.3, -0.25) is 4.68 Å². The van der Waals surface area contributed by atoms with Crippen LogP contribution in [0.4, 0.5) is 0 Å². The summed E-state index contributed by atoms with van der Waals surface area (Å²) in [5.74, 6) is 0.965. The van der Waals surface area contributed by atoms with Crippen molar-refractivity contribution in [3.8, 4) is 11.3 Å². The molecule has 0 aromatic carbocycles. The van der Waals surface area contributed by atoms with E-state index in [4.69, 9.17) is 0 Å². The Bertz CT molecular complexity index is 443. The molecule has 0 saturated heterocycles. The number of aromatic amines is 1. The van der Waals surface area contributed by atoms with Crippen molar-refractivity contribution in [1.29, 1.82) is 0 Å². The monoisotopic (exact) mass is 219 g/mol. The molecule has 0 unspecified atom stereocenters. The van der Waals surface area contributed by atoms with Crippen LogP contribution in [0, 0.1) is 0 Å². The van der Waals surface area contributed by atoms with Gasteiger partial charge < -0.3 is 10.3 Å². The molecule has 0 aliphatic carbocycles. The van der Waals surface area contributed by atoms with Gasteiger partial charge in [0.25, 0.3) is 0 Å². The first kappa shape index (κ1) is 10.9. The normalized spacial score (nSPS) is 10.9. The van der Waals surface area contributed by atoms with Crippen LogP contribution in [0.3, 0.4) is 0 Å². The minimum Gasteiger partial charge on any atom is -0.341 e. The number of aryl methyl sites for hydroxylation is 1. The zero-order valence-corrected chi connectivity index (χ0v) is 9.70. The number of hydrogen-bond acceptors (Lipinski definition) is 3. The Labute approximate surface area is 94.9 Å². The Balaban J connectivity index is 2.02. The molecule has 5 heteroatoms. The van der Waals surface area contributed by atoms with E-state index in [1.54, 1.807) is 4.68 Å². The molecule has 0 saturated carbocycles. The molecule has 86 valence electrons. The number of imidazole rings is 1. The molecule has 2 heterocycles. The van der Waals surface area contributed by atoms with Gasteiger partial charge in [0, 0.05) is 18.8 Å². The predicted molar refractivity (Wildman–Crippen MR) is 62.8 cm³/mol. The van der Waals surface area contributed by atoms with Crippen molar-refractivity contribution in [1.82, 2.24) is 25.1 Å². The molecule has 0 radical (unpaired) electrons. The maximum absolute atomic E-state index is 4.32. The van der Waals surface area contributed by atoms with Crippen LogP contribution in [-0.2, 0) is 13.6 Å². The van der Waals surface area contributed by atoms with Gasteiger partial charge >= 0.3 is 0 Å². The maximum Gasteiger partial charge on any atom is 0.120 e. The standard InChI is InChI=1S/C11H17N5/c1-3-4-12-7-11-13-6-10(15-11)9-5-14-16(2)8-9/h5-6,8,12H,3-4,7H2,1-2H3,(H,13,15). The van der Waals surface area contributed by atoms with Gasteiger partial charge in [0.05, 0.1) is 24.6 Å². The summed E-state index contributed by atoms with van der Waals surface area (Å²) in [6, 6.07) is 0. The van der Waals surface area contributed by atoms with Crippen LogP contribution in [0.15, 0.2) is 18.6 Å². The molecule has 5 nitrogen and oxygen atoms in total. The van der Waals surface area contributed by atoms with E-state index < -0.39 is 0 Å². The Kier molecular flexibility index (Phi) is 3.36. The van der Waals surface area contributed by atoms with E-state index in [9.17, 15) is 0 Å². The van der Waals surface area contributed by atoms with E-state index in [0.29, 0.717) is 0 Å². The highest BCUT2D eigenvalue weighted by Gasteiger charge is 2.04. The number of nitrogens with one attached hydrogen (secondary N) is 2. The molecule has 2 aromatic heterocycles. The summed E-state index contributed by atoms with van der Waals surface area (Å²) in [6.07, 6.45) is 6.78. The third-order valence-corrected chi connectivity index (χ3v) is 2.36. The maximum atomic E-state index is 4.32. The number of aromatic nitrogens is 4. The van der Waals surface area contributed by atoms with Crippen LogP contribution >= 0.6 is 0 Å². The largest absolute Gasteiger partial charge is 0.341 e. The summed E-state index contributed by atoms with van der Waals surface area (Å²) in [4.78, 5) is 7.59. The first-order chi connectivity index (χ1) is 7.79. The van der Waals surface area contributed by atoms with Crippen molar-refractivity contribution >= 4 is 0 Å². The van der Waals surface area contributed by atoms with Crippen LogP contribution in [0.2, 0.25) is 0 Å². The molecule has 0 spiro atoms. The van der Waals surface area contributed by atoms with Gasteiger partial charge in [-0.05, 0) is 13.0 Å². The molecule has 2 aromatic rings. The van der Waals surface area contributed by atoms with Crippen molar-refractivity contribution in [3.05, 3.63) is 24.4 Å². The van der Waals surface area contributed by atoms with Crippen LogP contribution in [0.25, 0.3) is 11.3 Å². The Morgan fingerprint density at radius 2 is 2.31 bits per heavy atom. The molecule has 0 bridgehead atoms. The predicted octanol–water partition coefficient (Wildman–Crippen LogP) is 1.31. The summed E-state index contributed by atoms with van der Waals surface area (Å²) < 4.78 is 1.78. The molecular weight excluding hydrogens is 202 g/mol. The highest BCUT2D eigenvalue weighted by molar-refractivity contribution is 5.55. The molecular formula is C11H17N5. The molecule has 2 N–H and O–H groups in total. The number of H-pyrrole nitrogens is 1. The van der Waals surface area contributed by atoms with Gasteiger partial charge in [0.2, 0.25) is 0 Å². The lowest BCUT2D eigenvalue weighted by Gasteiger charge is -1.98. The van der Waals surface area contributed by atoms with Gasteiger partial charge in [-0.25, -0.2) is 4.98 Å². The van der Waals surface area contributed by atoms with Crippen LogP contribution in [0.1, 0.15) is 19.2 Å². The summed E-state index contributed by atoms with van der Waals surface area (Å²) in [5, 5.41) is 7.44. The summed E-state index contributed by atoms with van der Waals surface area (Å²) in [6.45, 7) is 3.95. The van der Waals surface area contributed by atoms with Gasteiger partial charge in [-0.15, -0.1) is 0 Å². The van der Waals surface area contributed by atoms with E-state index in [1.165, 1.54) is 0 Å². The molecule has 0 amide bonds. The lowest BCUT2D eigenvalue weighted by Crippen LogP contribution is -2.14. The van der Waals surface area contributed by atoms with Gasteiger partial charge in [-0.1, -0.05) is 6.92 Å². The van der Waals surface area contributed by atoms with Crippen LogP contribution in [0.5, 0.6) is 0 Å². The number of nitrogens with zero attached hydrogens (tertiary/aromatic N) is 3. The number of hydrogen-bond donors (Lipinski definition) is 2. The molecule has 16 heavy (non-hydrogen) atoms. The first-order valence-electron chi connectivity index (χ1n) is 5.53. The van der Waals surface area contributed by atoms with E-state index in [1.807, 2.05) is 25.6 Å². The Hall–Kier alpha value is -1.62. The van der Waals surface area contributed by atoms with Gasteiger partial charge in [0.1, 0.15) is 5.82 Å². The highest BCUT2D eigenvalue weighted by atomic mass is 15.2. The van der Waals surface area contributed by atoms with E-state index in [2.05, 4.69) is 27.3 Å². The van der Waals surface area contributed by atoms with E-state index in [-0.39, 0.29) is 0 Å². The fraction of sp³-hybridized carbons (Fsp3) is 0.455. The summed E-state index contributed by atoms with van der Waals surface area (Å²) in [7, 11) is 1.91. The van der Waals surface area contributed by atoms with Crippen LogP contribution < -0.4 is 5.32 Å². The molecule has 0 aliphatic heterocycles. The number of rotatable bonds is 5. The fourth-order valence-electron chi connectivity index (χ4n) is 1.54. The quantitative estimate of drug-likeness (QED) is 0.745. The average molecular weight is 219 g/mol. The third kappa shape index (κ3) is 2.49. The van der Waals surface area contributed by atoms with Crippen molar-refractivity contribution in [2.45, 2.75) is 19.9 Å². The fourth-order valence-corrected chi connectivity index (χ4v) is 1.54. The van der Waals surface area contributed by atoms with Crippen molar-refractivity contribution in [3.63, 3.8) is 0 Å². The molecule has 2 rings (SSSR count). The second-order valence-electron chi connectivity index (χ2n) is 3.82. The zero-order valence-electron chi connectivity index (χ0n) is 9.70. The van der Waals surface area contributed by atoms with Gasteiger partial charge in [0.15, 0.2) is 0 Å². The average Bonchev–Trinajstić information content (AvgIpc) is 2.87. The SMILES string of the molecule is CCCNCc1ncc(-c2cnn(C)c2)[nH]1. The highest BCUT2D eigenvalue weighted by Crippen LogP contribution is 2.15. The Morgan fingerprint density at radius 3 is 3.00 bits per heavy atom. The lowest BCUT2D eigenvalue weighted by atomic mass is 10.3. The van der Waals surface area contributed by atoms with Crippen molar-refractivity contribution < 1.29 is 0 Å². The molecule has 0 fully saturated rings. The summed E-state index contributed by atoms with van der Waals surface area (Å²) >= 11 is 0. The van der Waals surface area contributed by atoms with E-state index in [0.717, 1.165) is 36.6 Å². The molecule has 0 atom stereocenters. The second-order valence-corrected chi connectivity index (χ2v) is 3.82. The first-order valence-corrected chi connectivity index (χ1v) is 5.53. The smallest absolute Gasteiger partial charge is 0.120 e. The van der Waals surface area contributed by atoms with Gasteiger partial charge in [-0.2, -0.15) is 5.10 Å². The summed E-state index contributed by atoms with van der Waals surface area (Å²) in [5.41, 5.74) is 2.08. The van der Waals surface area contributed by atoms with Crippen molar-refractivity contribution in [2.75, 3.05) is 6.54 Å². The third-order valence-electron chi connectivity index (χ3n) is 2.36. The Morgan fingerprint density at radius 1 is 1.44 bits per heavy atom. The topological polar surface area (TPSA) is 58.5 Å². The molecule has 0 aliphatic rings. The van der Waals surface area contributed by atoms with Crippen molar-refractivity contribution in [2.24, 2.45) is 7.05 Å². The zero-order chi connectivity index (χ0) is 11.4. The lowest BCUT2D eigenvalue weighted by molar-refractivity contribution is 0.655. The second kappa shape index (κ2) is 4.94. The van der Waals surface area contributed by atoms with Crippen LogP contribution in [-0.4, -0.2) is 26.3 Å². The minimum atomic E-state index is 0.786. The minimum absolute atomic E-state index is 0.786.